The Labute approximate surface area is 106 Å². The molecular weight excluding hydrogens is 266 g/mol. The molecule has 0 aromatic carbocycles. The van der Waals surface area contributed by atoms with Gasteiger partial charge in [-0.25, -0.2) is 0 Å². The molecule has 0 spiro atoms. The molecule has 0 radical (unpaired) electrons. The van der Waals surface area contributed by atoms with E-state index in [-0.39, 0.29) is 0 Å². The number of nitrogens with two attached hydrogens (primary N) is 1. The quantitative estimate of drug-likeness (QED) is 0.928. The zero-order valence-electron chi connectivity index (χ0n) is 9.82. The van der Waals surface area contributed by atoms with E-state index in [2.05, 4.69) is 32.6 Å². The second-order valence-electron chi connectivity index (χ2n) is 4.72. The van der Waals surface area contributed by atoms with Crippen LogP contribution in [0.2, 0.25) is 0 Å². The number of rotatable bonds is 3. The number of aromatic nitrogens is 2. The SMILES string of the molecule is CCCn1ncc(Br)c1C1CCCC(N)C1. The zero-order chi connectivity index (χ0) is 11.5. The van der Waals surface area contributed by atoms with Crippen molar-refractivity contribution in [3.8, 4) is 0 Å². The molecule has 16 heavy (non-hydrogen) atoms. The summed E-state index contributed by atoms with van der Waals surface area (Å²) in [5.41, 5.74) is 7.42. The molecular formula is C12H20BrN3. The Morgan fingerprint density at radius 1 is 1.56 bits per heavy atom. The first-order chi connectivity index (χ1) is 7.72. The second kappa shape index (κ2) is 5.32. The molecule has 0 bridgehead atoms. The van der Waals surface area contributed by atoms with E-state index in [0.717, 1.165) is 23.9 Å². The first-order valence-electron chi connectivity index (χ1n) is 6.19. The van der Waals surface area contributed by atoms with Gasteiger partial charge in [0.05, 0.1) is 16.4 Å². The maximum atomic E-state index is 6.06. The average molecular weight is 286 g/mol. The lowest BCUT2D eigenvalue weighted by molar-refractivity contribution is 0.372. The first-order valence-corrected chi connectivity index (χ1v) is 6.98. The van der Waals surface area contributed by atoms with Crippen molar-refractivity contribution in [1.29, 1.82) is 0 Å². The Morgan fingerprint density at radius 3 is 3.06 bits per heavy atom. The largest absolute Gasteiger partial charge is 0.328 e. The summed E-state index contributed by atoms with van der Waals surface area (Å²) < 4.78 is 3.30. The maximum Gasteiger partial charge on any atom is 0.0635 e. The Balaban J connectivity index is 2.20. The molecule has 1 saturated carbocycles. The third-order valence-electron chi connectivity index (χ3n) is 3.37. The van der Waals surface area contributed by atoms with Crippen LogP contribution in [0.3, 0.4) is 0 Å². The van der Waals surface area contributed by atoms with Crippen molar-refractivity contribution in [2.24, 2.45) is 5.73 Å². The van der Waals surface area contributed by atoms with Crippen LogP contribution in [0.15, 0.2) is 10.7 Å². The van der Waals surface area contributed by atoms with Crippen molar-refractivity contribution in [2.45, 2.75) is 57.5 Å². The minimum Gasteiger partial charge on any atom is -0.328 e. The summed E-state index contributed by atoms with van der Waals surface area (Å²) in [6.07, 6.45) is 7.83. The van der Waals surface area contributed by atoms with Crippen molar-refractivity contribution in [2.75, 3.05) is 0 Å². The summed E-state index contributed by atoms with van der Waals surface area (Å²) in [5.74, 6) is 0.590. The van der Waals surface area contributed by atoms with Crippen LogP contribution in [-0.4, -0.2) is 15.8 Å². The van der Waals surface area contributed by atoms with E-state index in [0.29, 0.717) is 12.0 Å². The molecule has 2 N–H and O–H groups in total. The van der Waals surface area contributed by atoms with Crippen LogP contribution in [0.4, 0.5) is 0 Å². The van der Waals surface area contributed by atoms with Crippen LogP contribution in [0.1, 0.15) is 50.6 Å². The summed E-state index contributed by atoms with van der Waals surface area (Å²) in [6, 6.07) is 0.371. The van der Waals surface area contributed by atoms with Gasteiger partial charge in [0.25, 0.3) is 0 Å². The smallest absolute Gasteiger partial charge is 0.0635 e. The predicted molar refractivity (Wildman–Crippen MR) is 69.4 cm³/mol. The highest BCUT2D eigenvalue weighted by atomic mass is 79.9. The highest BCUT2D eigenvalue weighted by Gasteiger charge is 2.25. The van der Waals surface area contributed by atoms with Crippen LogP contribution in [0, 0.1) is 0 Å². The number of nitrogens with zero attached hydrogens (tertiary/aromatic N) is 2. The number of halogens is 1. The fourth-order valence-corrected chi connectivity index (χ4v) is 3.26. The Hall–Kier alpha value is -0.350. The van der Waals surface area contributed by atoms with Gasteiger partial charge in [0, 0.05) is 18.5 Å². The van der Waals surface area contributed by atoms with Crippen LogP contribution in [0.25, 0.3) is 0 Å². The lowest BCUT2D eigenvalue weighted by Gasteiger charge is -2.27. The van der Waals surface area contributed by atoms with Gasteiger partial charge in [0.1, 0.15) is 0 Å². The summed E-state index contributed by atoms with van der Waals surface area (Å²) in [4.78, 5) is 0. The molecule has 2 rings (SSSR count). The average Bonchev–Trinajstić information content (AvgIpc) is 2.60. The number of aryl methyl sites for hydroxylation is 1. The lowest BCUT2D eigenvalue weighted by atomic mass is 9.84. The van der Waals surface area contributed by atoms with E-state index in [1.165, 1.54) is 25.0 Å². The lowest BCUT2D eigenvalue weighted by Crippen LogP contribution is -2.28. The molecule has 90 valence electrons. The van der Waals surface area contributed by atoms with Crippen LogP contribution < -0.4 is 5.73 Å². The van der Waals surface area contributed by atoms with Gasteiger partial charge in [0.15, 0.2) is 0 Å². The molecule has 2 atom stereocenters. The van der Waals surface area contributed by atoms with Gasteiger partial charge >= 0.3 is 0 Å². The molecule has 3 nitrogen and oxygen atoms in total. The minimum atomic E-state index is 0.371. The monoisotopic (exact) mass is 285 g/mol. The van der Waals surface area contributed by atoms with Gasteiger partial charge in [0.2, 0.25) is 0 Å². The summed E-state index contributed by atoms with van der Waals surface area (Å²) in [6.45, 7) is 3.19. The van der Waals surface area contributed by atoms with Crippen molar-refractivity contribution < 1.29 is 0 Å². The highest BCUT2D eigenvalue weighted by molar-refractivity contribution is 9.10. The molecule has 2 unspecified atom stereocenters. The van der Waals surface area contributed by atoms with Gasteiger partial charge in [-0.2, -0.15) is 5.10 Å². The molecule has 1 aromatic heterocycles. The van der Waals surface area contributed by atoms with Crippen molar-refractivity contribution in [3.63, 3.8) is 0 Å². The Bertz CT molecular complexity index is 348. The van der Waals surface area contributed by atoms with Crippen LogP contribution in [0.5, 0.6) is 0 Å². The molecule has 1 aliphatic rings. The van der Waals surface area contributed by atoms with Gasteiger partial charge in [-0.05, 0) is 41.6 Å². The van der Waals surface area contributed by atoms with Gasteiger partial charge in [-0.3, -0.25) is 4.68 Å². The third-order valence-corrected chi connectivity index (χ3v) is 3.98. The molecule has 1 fully saturated rings. The Morgan fingerprint density at radius 2 is 2.38 bits per heavy atom. The molecule has 1 heterocycles. The normalized spacial score (nSPS) is 25.9. The van der Waals surface area contributed by atoms with E-state index < -0.39 is 0 Å². The van der Waals surface area contributed by atoms with Crippen molar-refractivity contribution in [3.05, 3.63) is 16.4 Å². The summed E-state index contributed by atoms with van der Waals surface area (Å²) in [5, 5.41) is 4.43. The third kappa shape index (κ3) is 2.48. The summed E-state index contributed by atoms with van der Waals surface area (Å²) in [7, 11) is 0. The van der Waals surface area contributed by atoms with Gasteiger partial charge < -0.3 is 5.73 Å². The molecule has 0 saturated heterocycles. The van der Waals surface area contributed by atoms with Gasteiger partial charge in [-0.15, -0.1) is 0 Å². The molecule has 1 aliphatic carbocycles. The van der Waals surface area contributed by atoms with Crippen LogP contribution >= 0.6 is 15.9 Å². The fraction of sp³-hybridized carbons (Fsp3) is 0.750. The van der Waals surface area contributed by atoms with E-state index in [1.807, 2.05) is 6.20 Å². The van der Waals surface area contributed by atoms with Crippen molar-refractivity contribution >= 4 is 15.9 Å². The van der Waals surface area contributed by atoms with E-state index in [4.69, 9.17) is 5.73 Å². The second-order valence-corrected chi connectivity index (χ2v) is 5.58. The minimum absolute atomic E-state index is 0.371. The highest BCUT2D eigenvalue weighted by Crippen LogP contribution is 2.35. The maximum absolute atomic E-state index is 6.06. The molecule has 0 aliphatic heterocycles. The predicted octanol–water partition coefficient (Wildman–Crippen LogP) is 3.04. The zero-order valence-corrected chi connectivity index (χ0v) is 11.4. The number of hydrogen-bond acceptors (Lipinski definition) is 2. The fourth-order valence-electron chi connectivity index (χ4n) is 2.64. The van der Waals surface area contributed by atoms with E-state index >= 15 is 0 Å². The standard InChI is InChI=1S/C12H20BrN3/c1-2-6-16-12(11(13)8-15-16)9-4-3-5-10(14)7-9/h8-10H,2-7,14H2,1H3. The summed E-state index contributed by atoms with van der Waals surface area (Å²) >= 11 is 3.62. The van der Waals surface area contributed by atoms with Gasteiger partial charge in [-0.1, -0.05) is 13.3 Å². The first kappa shape index (κ1) is 12.1. The van der Waals surface area contributed by atoms with E-state index in [1.54, 1.807) is 0 Å². The topological polar surface area (TPSA) is 43.8 Å². The molecule has 1 aromatic rings. The Kier molecular flexibility index (Phi) is 4.03. The molecule has 4 heteroatoms. The van der Waals surface area contributed by atoms with Crippen molar-refractivity contribution in [1.82, 2.24) is 9.78 Å². The van der Waals surface area contributed by atoms with E-state index in [9.17, 15) is 0 Å². The molecule has 0 amide bonds. The number of hydrogen-bond donors (Lipinski definition) is 1. The van der Waals surface area contributed by atoms with Crippen LogP contribution in [-0.2, 0) is 6.54 Å².